The number of thiophene rings is 1. The first-order valence-corrected chi connectivity index (χ1v) is 12.4. The lowest BCUT2D eigenvalue weighted by Crippen LogP contribution is -2.46. The number of benzene rings is 2. The molecule has 1 aliphatic rings. The van der Waals surface area contributed by atoms with Crippen molar-refractivity contribution in [3.63, 3.8) is 0 Å². The molecule has 0 atom stereocenters. The van der Waals surface area contributed by atoms with Gasteiger partial charge in [0.1, 0.15) is 16.5 Å². The average Bonchev–Trinajstić information content (AvgIpc) is 3.25. The maximum atomic E-state index is 6.03. The molecule has 0 unspecified atom stereocenters. The van der Waals surface area contributed by atoms with E-state index in [1.807, 2.05) is 12.1 Å². The average molecular weight is 463 g/mol. The third-order valence-electron chi connectivity index (χ3n) is 6.01. The molecule has 5 rings (SSSR count). The molecule has 3 heterocycles. The van der Waals surface area contributed by atoms with Crippen molar-refractivity contribution in [3.8, 4) is 0 Å². The van der Waals surface area contributed by atoms with E-state index < -0.39 is 0 Å². The summed E-state index contributed by atoms with van der Waals surface area (Å²) in [7, 11) is 0. The second-order valence-corrected chi connectivity index (χ2v) is 9.85. The van der Waals surface area contributed by atoms with Crippen LogP contribution in [0.5, 0.6) is 0 Å². The number of piperazine rings is 1. The SMILES string of the molecule is CCc1cc2c(N3CCN(Cc4ccc(Cl)cc4)CC3)nc(Cc3ccccc3)nc2s1. The normalized spacial score (nSPS) is 14.9. The van der Waals surface area contributed by atoms with Gasteiger partial charge in [0.25, 0.3) is 0 Å². The Hall–Kier alpha value is -2.47. The number of halogens is 1. The highest BCUT2D eigenvalue weighted by atomic mass is 35.5. The lowest BCUT2D eigenvalue weighted by Gasteiger charge is -2.35. The van der Waals surface area contributed by atoms with Gasteiger partial charge >= 0.3 is 0 Å². The molecule has 0 spiro atoms. The van der Waals surface area contributed by atoms with Gasteiger partial charge in [0.2, 0.25) is 0 Å². The molecular formula is C26H27ClN4S. The van der Waals surface area contributed by atoms with Crippen LogP contribution in [-0.4, -0.2) is 41.0 Å². The van der Waals surface area contributed by atoms with Crippen LogP contribution >= 0.6 is 22.9 Å². The smallest absolute Gasteiger partial charge is 0.141 e. The lowest BCUT2D eigenvalue weighted by molar-refractivity contribution is 0.249. The van der Waals surface area contributed by atoms with Crippen LogP contribution in [0.2, 0.25) is 5.02 Å². The number of rotatable bonds is 6. The first kappa shape index (κ1) is 21.4. The quantitative estimate of drug-likeness (QED) is 0.361. The molecule has 0 aliphatic carbocycles. The van der Waals surface area contributed by atoms with Crippen LogP contribution in [0, 0.1) is 0 Å². The van der Waals surface area contributed by atoms with Gasteiger partial charge in [-0.3, -0.25) is 4.90 Å². The van der Waals surface area contributed by atoms with Crippen molar-refractivity contribution >= 4 is 39.0 Å². The number of hydrogen-bond acceptors (Lipinski definition) is 5. The minimum absolute atomic E-state index is 0.764. The van der Waals surface area contributed by atoms with Gasteiger partial charge in [-0.25, -0.2) is 9.97 Å². The standard InChI is InChI=1S/C26H27ClN4S/c1-2-22-17-23-25(28-24(29-26(23)32-22)16-19-6-4-3-5-7-19)31-14-12-30(13-15-31)18-20-8-10-21(27)11-9-20/h3-11,17H,2,12-16,18H2,1H3. The zero-order valence-corrected chi connectivity index (χ0v) is 19.9. The van der Waals surface area contributed by atoms with Crippen LogP contribution in [0.3, 0.4) is 0 Å². The van der Waals surface area contributed by atoms with E-state index in [0.717, 1.165) is 67.1 Å². The summed E-state index contributed by atoms with van der Waals surface area (Å²) in [6, 6.07) is 21.0. The van der Waals surface area contributed by atoms with Crippen molar-refractivity contribution in [1.29, 1.82) is 0 Å². The molecule has 1 aliphatic heterocycles. The summed E-state index contributed by atoms with van der Waals surface area (Å²) in [6.07, 6.45) is 1.79. The van der Waals surface area contributed by atoms with Gasteiger partial charge in [0.05, 0.1) is 5.39 Å². The van der Waals surface area contributed by atoms with Gasteiger partial charge in [-0.2, -0.15) is 0 Å². The van der Waals surface area contributed by atoms with Crippen molar-refractivity contribution in [2.75, 3.05) is 31.1 Å². The van der Waals surface area contributed by atoms with Crippen molar-refractivity contribution in [2.24, 2.45) is 0 Å². The summed E-state index contributed by atoms with van der Waals surface area (Å²) >= 11 is 7.84. The summed E-state index contributed by atoms with van der Waals surface area (Å²) in [5.41, 5.74) is 2.56. The molecule has 0 amide bonds. The van der Waals surface area contributed by atoms with Gasteiger partial charge in [-0.05, 0) is 35.7 Å². The monoisotopic (exact) mass is 462 g/mol. The molecule has 2 aromatic heterocycles. The van der Waals surface area contributed by atoms with Gasteiger partial charge < -0.3 is 4.90 Å². The van der Waals surface area contributed by atoms with E-state index in [9.17, 15) is 0 Å². The summed E-state index contributed by atoms with van der Waals surface area (Å²) in [4.78, 5) is 17.4. The first-order valence-electron chi connectivity index (χ1n) is 11.2. The van der Waals surface area contributed by atoms with Gasteiger partial charge in [-0.1, -0.05) is 61.0 Å². The minimum atomic E-state index is 0.764. The first-order chi connectivity index (χ1) is 15.7. The van der Waals surface area contributed by atoms with Crippen molar-refractivity contribution < 1.29 is 0 Å². The predicted molar refractivity (Wildman–Crippen MR) is 135 cm³/mol. The number of aryl methyl sites for hydroxylation is 1. The highest BCUT2D eigenvalue weighted by Gasteiger charge is 2.22. The molecule has 32 heavy (non-hydrogen) atoms. The molecule has 1 fully saturated rings. The fourth-order valence-corrected chi connectivity index (χ4v) is 5.34. The van der Waals surface area contributed by atoms with Crippen LogP contribution in [0.25, 0.3) is 10.2 Å². The zero-order chi connectivity index (χ0) is 21.9. The molecule has 0 saturated carbocycles. The lowest BCUT2D eigenvalue weighted by atomic mass is 10.1. The fraction of sp³-hybridized carbons (Fsp3) is 0.308. The van der Waals surface area contributed by atoms with E-state index in [1.165, 1.54) is 21.4 Å². The van der Waals surface area contributed by atoms with Gasteiger partial charge in [-0.15, -0.1) is 11.3 Å². The molecule has 2 aromatic carbocycles. The largest absolute Gasteiger partial charge is 0.353 e. The predicted octanol–water partition coefficient (Wildman–Crippen LogP) is 5.82. The maximum Gasteiger partial charge on any atom is 0.141 e. The Morgan fingerprint density at radius 2 is 1.66 bits per heavy atom. The van der Waals surface area contributed by atoms with E-state index in [-0.39, 0.29) is 0 Å². The van der Waals surface area contributed by atoms with E-state index >= 15 is 0 Å². The summed E-state index contributed by atoms with van der Waals surface area (Å²) in [5.74, 6) is 2.01. The molecule has 0 bridgehead atoms. The minimum Gasteiger partial charge on any atom is -0.353 e. The van der Waals surface area contributed by atoms with Gasteiger partial charge in [0.15, 0.2) is 0 Å². The number of aromatic nitrogens is 2. The molecule has 164 valence electrons. The van der Waals surface area contributed by atoms with E-state index in [1.54, 1.807) is 11.3 Å². The van der Waals surface area contributed by atoms with Crippen LogP contribution in [0.1, 0.15) is 28.8 Å². The third kappa shape index (κ3) is 4.80. The molecular weight excluding hydrogens is 436 g/mol. The number of nitrogens with zero attached hydrogens (tertiary/aromatic N) is 4. The molecule has 4 aromatic rings. The Kier molecular flexibility index (Phi) is 6.39. The summed E-state index contributed by atoms with van der Waals surface area (Å²) in [5, 5.41) is 2.00. The zero-order valence-electron chi connectivity index (χ0n) is 18.3. The molecule has 4 nitrogen and oxygen atoms in total. The Labute approximate surface area is 198 Å². The second-order valence-electron chi connectivity index (χ2n) is 8.30. The Balaban J connectivity index is 1.36. The topological polar surface area (TPSA) is 32.3 Å². The fourth-order valence-electron chi connectivity index (χ4n) is 4.24. The number of fused-ring (bicyclic) bond motifs is 1. The third-order valence-corrected chi connectivity index (χ3v) is 7.44. The Morgan fingerprint density at radius 1 is 0.906 bits per heavy atom. The van der Waals surface area contributed by atoms with Gasteiger partial charge in [0, 0.05) is 49.0 Å². The van der Waals surface area contributed by atoms with Crippen LogP contribution < -0.4 is 4.90 Å². The van der Waals surface area contributed by atoms with Crippen molar-refractivity contribution in [2.45, 2.75) is 26.3 Å². The second kappa shape index (κ2) is 9.57. The number of hydrogen-bond donors (Lipinski definition) is 0. The maximum absolute atomic E-state index is 6.03. The van der Waals surface area contributed by atoms with E-state index in [2.05, 4.69) is 65.3 Å². The van der Waals surface area contributed by atoms with Crippen LogP contribution in [-0.2, 0) is 19.4 Å². The van der Waals surface area contributed by atoms with Crippen LogP contribution in [0.15, 0.2) is 60.7 Å². The molecule has 0 N–H and O–H groups in total. The number of anilines is 1. The summed E-state index contributed by atoms with van der Waals surface area (Å²) in [6.45, 7) is 7.16. The Bertz CT molecular complexity index is 1180. The molecule has 0 radical (unpaired) electrons. The Morgan fingerprint density at radius 3 is 2.38 bits per heavy atom. The van der Waals surface area contributed by atoms with E-state index in [0.29, 0.717) is 0 Å². The van der Waals surface area contributed by atoms with E-state index in [4.69, 9.17) is 21.6 Å². The highest BCUT2D eigenvalue weighted by Crippen LogP contribution is 2.32. The molecule has 6 heteroatoms. The van der Waals surface area contributed by atoms with Crippen molar-refractivity contribution in [3.05, 3.63) is 87.5 Å². The molecule has 1 saturated heterocycles. The highest BCUT2D eigenvalue weighted by molar-refractivity contribution is 7.18. The van der Waals surface area contributed by atoms with Crippen molar-refractivity contribution in [1.82, 2.24) is 14.9 Å². The van der Waals surface area contributed by atoms with Crippen LogP contribution in [0.4, 0.5) is 5.82 Å². The summed E-state index contributed by atoms with van der Waals surface area (Å²) < 4.78 is 0.